The first-order valence-corrected chi connectivity index (χ1v) is 5.17. The number of hydrogen-bond acceptors (Lipinski definition) is 4. The lowest BCUT2D eigenvalue weighted by atomic mass is 10.0. The molecule has 0 saturated heterocycles. The summed E-state index contributed by atoms with van der Waals surface area (Å²) in [5, 5.41) is 9.44. The van der Waals surface area contributed by atoms with Crippen molar-refractivity contribution in [2.75, 3.05) is 26.4 Å². The third kappa shape index (κ3) is 5.54. The SMILES string of the molecule is CCOCC(O)COC(C)(CC)CN. The third-order valence-corrected chi connectivity index (χ3v) is 2.32. The first-order valence-electron chi connectivity index (χ1n) is 5.17. The summed E-state index contributed by atoms with van der Waals surface area (Å²) < 4.78 is 10.6. The van der Waals surface area contributed by atoms with E-state index in [1.807, 2.05) is 20.8 Å². The van der Waals surface area contributed by atoms with Gasteiger partial charge in [0.05, 0.1) is 18.8 Å². The maximum atomic E-state index is 9.44. The van der Waals surface area contributed by atoms with Gasteiger partial charge in [0.2, 0.25) is 0 Å². The fourth-order valence-electron chi connectivity index (χ4n) is 0.905. The van der Waals surface area contributed by atoms with Crippen LogP contribution in [0.4, 0.5) is 0 Å². The lowest BCUT2D eigenvalue weighted by Crippen LogP contribution is -2.39. The number of rotatable bonds is 8. The van der Waals surface area contributed by atoms with Crippen LogP contribution < -0.4 is 5.73 Å². The molecule has 4 nitrogen and oxygen atoms in total. The molecule has 0 aliphatic heterocycles. The fraction of sp³-hybridized carbons (Fsp3) is 1.00. The van der Waals surface area contributed by atoms with Crippen LogP contribution in [0.5, 0.6) is 0 Å². The number of ether oxygens (including phenoxy) is 2. The van der Waals surface area contributed by atoms with Crippen molar-refractivity contribution < 1.29 is 14.6 Å². The summed E-state index contributed by atoms with van der Waals surface area (Å²) in [5.41, 5.74) is 5.24. The van der Waals surface area contributed by atoms with Gasteiger partial charge in [0, 0.05) is 13.2 Å². The average molecular weight is 205 g/mol. The quantitative estimate of drug-likeness (QED) is 0.606. The van der Waals surface area contributed by atoms with Crippen molar-refractivity contribution in [1.82, 2.24) is 0 Å². The zero-order chi connectivity index (χ0) is 11.0. The second-order valence-electron chi connectivity index (χ2n) is 3.63. The van der Waals surface area contributed by atoms with E-state index in [4.69, 9.17) is 15.2 Å². The predicted octanol–water partition coefficient (Wildman–Crippen LogP) is 0.528. The zero-order valence-corrected chi connectivity index (χ0v) is 9.45. The summed E-state index contributed by atoms with van der Waals surface area (Å²) in [6, 6.07) is 0. The van der Waals surface area contributed by atoms with Crippen LogP contribution in [0.3, 0.4) is 0 Å². The van der Waals surface area contributed by atoms with E-state index in [0.29, 0.717) is 19.8 Å². The zero-order valence-electron chi connectivity index (χ0n) is 9.45. The van der Waals surface area contributed by atoms with Gasteiger partial charge in [-0.25, -0.2) is 0 Å². The van der Waals surface area contributed by atoms with Crippen LogP contribution in [0.1, 0.15) is 27.2 Å². The van der Waals surface area contributed by atoms with Gasteiger partial charge in [-0.2, -0.15) is 0 Å². The normalized spacial score (nSPS) is 17.8. The molecule has 0 aromatic heterocycles. The Hall–Kier alpha value is -0.160. The monoisotopic (exact) mass is 205 g/mol. The summed E-state index contributed by atoms with van der Waals surface area (Å²) in [4.78, 5) is 0. The first kappa shape index (κ1) is 13.8. The molecule has 0 saturated carbocycles. The topological polar surface area (TPSA) is 64.7 Å². The van der Waals surface area contributed by atoms with Crippen molar-refractivity contribution in [3.63, 3.8) is 0 Å². The van der Waals surface area contributed by atoms with Gasteiger partial charge in [-0.15, -0.1) is 0 Å². The minimum Gasteiger partial charge on any atom is -0.388 e. The van der Waals surface area contributed by atoms with E-state index >= 15 is 0 Å². The summed E-state index contributed by atoms with van der Waals surface area (Å²) in [5.74, 6) is 0. The molecule has 0 spiro atoms. The highest BCUT2D eigenvalue weighted by Crippen LogP contribution is 2.13. The number of nitrogens with two attached hydrogens (primary N) is 1. The molecule has 0 fully saturated rings. The van der Waals surface area contributed by atoms with Crippen LogP contribution >= 0.6 is 0 Å². The highest BCUT2D eigenvalue weighted by molar-refractivity contribution is 4.74. The Labute approximate surface area is 86.4 Å². The van der Waals surface area contributed by atoms with Crippen LogP contribution in [0.25, 0.3) is 0 Å². The summed E-state index contributed by atoms with van der Waals surface area (Å²) in [7, 11) is 0. The molecule has 0 aromatic rings. The lowest BCUT2D eigenvalue weighted by Gasteiger charge is -2.28. The smallest absolute Gasteiger partial charge is 0.101 e. The predicted molar refractivity (Wildman–Crippen MR) is 56.2 cm³/mol. The van der Waals surface area contributed by atoms with Gasteiger partial charge in [0.15, 0.2) is 0 Å². The molecule has 14 heavy (non-hydrogen) atoms. The van der Waals surface area contributed by atoms with Crippen LogP contribution in [0, 0.1) is 0 Å². The standard InChI is InChI=1S/C10H23NO3/c1-4-10(3,8-11)14-7-9(12)6-13-5-2/h9,12H,4-8,11H2,1-3H3. The van der Waals surface area contributed by atoms with Gasteiger partial charge < -0.3 is 20.3 Å². The Morgan fingerprint density at radius 1 is 1.36 bits per heavy atom. The Morgan fingerprint density at radius 2 is 2.00 bits per heavy atom. The largest absolute Gasteiger partial charge is 0.388 e. The first-order chi connectivity index (χ1) is 6.58. The van der Waals surface area contributed by atoms with E-state index in [-0.39, 0.29) is 12.2 Å². The number of aliphatic hydroxyl groups is 1. The Kier molecular flexibility index (Phi) is 7.09. The summed E-state index contributed by atoms with van der Waals surface area (Å²) >= 11 is 0. The van der Waals surface area contributed by atoms with E-state index < -0.39 is 6.10 Å². The molecule has 0 amide bonds. The van der Waals surface area contributed by atoms with Crippen molar-refractivity contribution in [1.29, 1.82) is 0 Å². The highest BCUT2D eigenvalue weighted by atomic mass is 16.5. The van der Waals surface area contributed by atoms with E-state index in [1.165, 1.54) is 0 Å². The molecule has 0 aliphatic rings. The van der Waals surface area contributed by atoms with Crippen molar-refractivity contribution in [2.24, 2.45) is 5.73 Å². The van der Waals surface area contributed by atoms with Crippen molar-refractivity contribution in [2.45, 2.75) is 38.9 Å². The molecule has 0 aromatic carbocycles. The molecule has 4 heteroatoms. The van der Waals surface area contributed by atoms with Gasteiger partial charge in [-0.05, 0) is 20.3 Å². The average Bonchev–Trinajstić information content (AvgIpc) is 2.23. The molecular weight excluding hydrogens is 182 g/mol. The Morgan fingerprint density at radius 3 is 2.43 bits per heavy atom. The van der Waals surface area contributed by atoms with Crippen LogP contribution in [0.15, 0.2) is 0 Å². The summed E-state index contributed by atoms with van der Waals surface area (Å²) in [6.45, 7) is 7.53. The summed E-state index contributed by atoms with van der Waals surface area (Å²) in [6.07, 6.45) is 0.276. The van der Waals surface area contributed by atoms with Crippen molar-refractivity contribution in [3.05, 3.63) is 0 Å². The van der Waals surface area contributed by atoms with E-state index in [9.17, 15) is 5.11 Å². The Balaban J connectivity index is 3.68. The molecule has 0 bridgehead atoms. The highest BCUT2D eigenvalue weighted by Gasteiger charge is 2.21. The third-order valence-electron chi connectivity index (χ3n) is 2.32. The van der Waals surface area contributed by atoms with Gasteiger partial charge in [-0.1, -0.05) is 6.92 Å². The van der Waals surface area contributed by atoms with Crippen LogP contribution in [-0.2, 0) is 9.47 Å². The maximum absolute atomic E-state index is 9.44. The van der Waals surface area contributed by atoms with Crippen molar-refractivity contribution >= 4 is 0 Å². The second kappa shape index (κ2) is 7.17. The molecule has 0 heterocycles. The van der Waals surface area contributed by atoms with E-state index in [2.05, 4.69) is 0 Å². The number of aliphatic hydroxyl groups excluding tert-OH is 1. The van der Waals surface area contributed by atoms with Crippen LogP contribution in [0.2, 0.25) is 0 Å². The van der Waals surface area contributed by atoms with Gasteiger partial charge >= 0.3 is 0 Å². The molecule has 0 aliphatic carbocycles. The molecule has 0 rings (SSSR count). The minimum absolute atomic E-state index is 0.279. The van der Waals surface area contributed by atoms with Gasteiger partial charge in [0.25, 0.3) is 0 Å². The molecule has 0 radical (unpaired) electrons. The van der Waals surface area contributed by atoms with E-state index in [1.54, 1.807) is 0 Å². The minimum atomic E-state index is -0.563. The lowest BCUT2D eigenvalue weighted by molar-refractivity contribution is -0.0835. The fourth-order valence-corrected chi connectivity index (χ4v) is 0.905. The molecule has 2 atom stereocenters. The molecule has 2 unspecified atom stereocenters. The van der Waals surface area contributed by atoms with Crippen LogP contribution in [-0.4, -0.2) is 43.2 Å². The number of hydrogen-bond donors (Lipinski definition) is 2. The second-order valence-corrected chi connectivity index (χ2v) is 3.63. The molecular formula is C10H23NO3. The molecule has 86 valence electrons. The van der Waals surface area contributed by atoms with Gasteiger partial charge in [0.1, 0.15) is 6.10 Å². The van der Waals surface area contributed by atoms with E-state index in [0.717, 1.165) is 6.42 Å². The van der Waals surface area contributed by atoms with Crippen molar-refractivity contribution in [3.8, 4) is 0 Å². The maximum Gasteiger partial charge on any atom is 0.101 e. The molecule has 3 N–H and O–H groups in total. The van der Waals surface area contributed by atoms with Gasteiger partial charge in [-0.3, -0.25) is 0 Å². The Bertz CT molecular complexity index is 137.